The molecule has 3 rings (SSSR count). The van der Waals surface area contributed by atoms with Crippen molar-refractivity contribution in [2.24, 2.45) is 12.1 Å². The van der Waals surface area contributed by atoms with Crippen LogP contribution in [0.2, 0.25) is 0 Å². The largest absolute Gasteiger partial charge is 0.493 e. The molecule has 0 fully saturated rings. The molecule has 0 saturated carbocycles. The van der Waals surface area contributed by atoms with E-state index in [9.17, 15) is 4.79 Å². The van der Waals surface area contributed by atoms with Crippen molar-refractivity contribution in [2.75, 3.05) is 20.0 Å². The SMILES string of the molecule is COc1ccc(/C=N/NC(=O)CSc2nnc(-c3ccccc3)n2C)cc1OC. The summed E-state index contributed by atoms with van der Waals surface area (Å²) in [5.41, 5.74) is 4.25. The molecular weight excluding hydrogens is 390 g/mol. The highest BCUT2D eigenvalue weighted by molar-refractivity contribution is 7.99. The maximum atomic E-state index is 12.1. The summed E-state index contributed by atoms with van der Waals surface area (Å²) >= 11 is 1.29. The van der Waals surface area contributed by atoms with E-state index in [1.165, 1.54) is 11.8 Å². The number of amides is 1. The van der Waals surface area contributed by atoms with Gasteiger partial charge in [0.25, 0.3) is 5.91 Å². The maximum absolute atomic E-state index is 12.1. The smallest absolute Gasteiger partial charge is 0.250 e. The first-order valence-electron chi connectivity index (χ1n) is 8.74. The van der Waals surface area contributed by atoms with Crippen LogP contribution in [0.4, 0.5) is 0 Å². The molecule has 0 spiro atoms. The second-order valence-electron chi connectivity index (χ2n) is 5.93. The fourth-order valence-corrected chi connectivity index (χ4v) is 3.26. The highest BCUT2D eigenvalue weighted by Crippen LogP contribution is 2.27. The van der Waals surface area contributed by atoms with Gasteiger partial charge in [0.1, 0.15) is 0 Å². The normalized spacial score (nSPS) is 10.9. The molecule has 0 saturated heterocycles. The van der Waals surface area contributed by atoms with Gasteiger partial charge in [-0.15, -0.1) is 10.2 Å². The number of benzene rings is 2. The van der Waals surface area contributed by atoms with Crippen molar-refractivity contribution in [1.82, 2.24) is 20.2 Å². The molecule has 9 heteroatoms. The lowest BCUT2D eigenvalue weighted by molar-refractivity contribution is -0.118. The third-order valence-electron chi connectivity index (χ3n) is 4.01. The fourth-order valence-electron chi connectivity index (χ4n) is 2.55. The predicted octanol–water partition coefficient (Wildman–Crippen LogP) is 2.74. The van der Waals surface area contributed by atoms with Crippen LogP contribution in [0.1, 0.15) is 5.56 Å². The zero-order chi connectivity index (χ0) is 20.6. The molecule has 0 atom stereocenters. The summed E-state index contributed by atoms with van der Waals surface area (Å²) in [4.78, 5) is 12.1. The van der Waals surface area contributed by atoms with E-state index in [0.717, 1.165) is 17.0 Å². The van der Waals surface area contributed by atoms with E-state index >= 15 is 0 Å². The first kappa shape index (κ1) is 20.4. The highest BCUT2D eigenvalue weighted by atomic mass is 32.2. The van der Waals surface area contributed by atoms with Crippen molar-refractivity contribution in [3.05, 3.63) is 54.1 Å². The molecule has 0 unspecified atom stereocenters. The Bertz CT molecular complexity index is 1000. The Labute approximate surface area is 172 Å². The number of rotatable bonds is 8. The van der Waals surface area contributed by atoms with Crippen molar-refractivity contribution < 1.29 is 14.3 Å². The van der Waals surface area contributed by atoms with E-state index < -0.39 is 0 Å². The Morgan fingerprint density at radius 3 is 2.62 bits per heavy atom. The second kappa shape index (κ2) is 9.74. The van der Waals surface area contributed by atoms with Crippen LogP contribution in [-0.4, -0.2) is 46.9 Å². The fraction of sp³-hybridized carbons (Fsp3) is 0.200. The molecule has 2 aromatic carbocycles. The van der Waals surface area contributed by atoms with Crippen LogP contribution in [0.15, 0.2) is 58.8 Å². The summed E-state index contributed by atoms with van der Waals surface area (Å²) in [6, 6.07) is 15.1. The summed E-state index contributed by atoms with van der Waals surface area (Å²) in [5, 5.41) is 13.0. The van der Waals surface area contributed by atoms with E-state index in [4.69, 9.17) is 9.47 Å². The summed E-state index contributed by atoms with van der Waals surface area (Å²) in [5.74, 6) is 1.90. The Morgan fingerprint density at radius 2 is 1.90 bits per heavy atom. The lowest BCUT2D eigenvalue weighted by atomic mass is 10.2. The molecule has 150 valence electrons. The summed E-state index contributed by atoms with van der Waals surface area (Å²) < 4.78 is 12.3. The number of carbonyl (C=O) groups is 1. The molecule has 0 bridgehead atoms. The van der Waals surface area contributed by atoms with Gasteiger partial charge < -0.3 is 14.0 Å². The van der Waals surface area contributed by atoms with Crippen LogP contribution in [-0.2, 0) is 11.8 Å². The Balaban J connectivity index is 1.54. The van der Waals surface area contributed by atoms with Gasteiger partial charge in [0.15, 0.2) is 22.5 Å². The third-order valence-corrected chi connectivity index (χ3v) is 5.03. The summed E-state index contributed by atoms with van der Waals surface area (Å²) in [7, 11) is 5.01. The highest BCUT2D eigenvalue weighted by Gasteiger charge is 2.12. The van der Waals surface area contributed by atoms with Gasteiger partial charge >= 0.3 is 0 Å². The minimum Gasteiger partial charge on any atom is -0.493 e. The number of nitrogens with zero attached hydrogens (tertiary/aromatic N) is 4. The quantitative estimate of drug-likeness (QED) is 0.348. The predicted molar refractivity (Wildman–Crippen MR) is 112 cm³/mol. The van der Waals surface area contributed by atoms with Crippen molar-refractivity contribution >= 4 is 23.9 Å². The molecule has 0 radical (unpaired) electrons. The first-order valence-corrected chi connectivity index (χ1v) is 9.72. The van der Waals surface area contributed by atoms with Crippen LogP contribution < -0.4 is 14.9 Å². The topological polar surface area (TPSA) is 90.6 Å². The molecule has 0 aliphatic rings. The Kier molecular flexibility index (Phi) is 6.85. The van der Waals surface area contributed by atoms with Gasteiger partial charge in [0.2, 0.25) is 0 Å². The molecule has 1 amide bonds. The summed E-state index contributed by atoms with van der Waals surface area (Å²) in [6.07, 6.45) is 1.54. The van der Waals surface area contributed by atoms with E-state index in [1.54, 1.807) is 32.6 Å². The van der Waals surface area contributed by atoms with Gasteiger partial charge in [-0.25, -0.2) is 5.43 Å². The number of methoxy groups -OCH3 is 2. The zero-order valence-corrected chi connectivity index (χ0v) is 17.1. The zero-order valence-electron chi connectivity index (χ0n) is 16.3. The average Bonchev–Trinajstić information content (AvgIpc) is 3.13. The van der Waals surface area contributed by atoms with E-state index in [1.807, 2.05) is 48.0 Å². The van der Waals surface area contributed by atoms with Crippen LogP contribution in [0.3, 0.4) is 0 Å². The van der Waals surface area contributed by atoms with Crippen molar-refractivity contribution in [2.45, 2.75) is 5.16 Å². The lowest BCUT2D eigenvalue weighted by Gasteiger charge is -2.07. The van der Waals surface area contributed by atoms with E-state index in [2.05, 4.69) is 20.7 Å². The van der Waals surface area contributed by atoms with Crippen molar-refractivity contribution in [3.63, 3.8) is 0 Å². The number of hydrazone groups is 1. The van der Waals surface area contributed by atoms with Gasteiger partial charge in [-0.3, -0.25) is 4.79 Å². The van der Waals surface area contributed by atoms with Gasteiger partial charge in [-0.05, 0) is 23.8 Å². The van der Waals surface area contributed by atoms with Crippen LogP contribution in [0, 0.1) is 0 Å². The number of thioether (sulfide) groups is 1. The van der Waals surface area contributed by atoms with Crippen molar-refractivity contribution in [1.29, 1.82) is 0 Å². The van der Waals surface area contributed by atoms with Gasteiger partial charge in [0, 0.05) is 12.6 Å². The number of carbonyl (C=O) groups excluding carboxylic acids is 1. The first-order chi connectivity index (χ1) is 14.1. The van der Waals surface area contributed by atoms with Crippen molar-refractivity contribution in [3.8, 4) is 22.9 Å². The Morgan fingerprint density at radius 1 is 1.14 bits per heavy atom. The monoisotopic (exact) mass is 411 g/mol. The third kappa shape index (κ3) is 5.14. The van der Waals surface area contributed by atoms with Crippen LogP contribution in [0.25, 0.3) is 11.4 Å². The number of hydrogen-bond donors (Lipinski definition) is 1. The van der Waals surface area contributed by atoms with E-state index in [-0.39, 0.29) is 11.7 Å². The standard InChI is InChI=1S/C20H21N5O3S/c1-25-19(15-7-5-4-6-8-15)23-24-20(25)29-13-18(26)22-21-12-14-9-10-16(27-2)17(11-14)28-3/h4-12H,13H2,1-3H3,(H,22,26)/b21-12+. The molecule has 1 N–H and O–H groups in total. The molecule has 0 aliphatic carbocycles. The van der Waals surface area contributed by atoms with Crippen LogP contribution in [0.5, 0.6) is 11.5 Å². The minimum atomic E-state index is -0.240. The lowest BCUT2D eigenvalue weighted by Crippen LogP contribution is -2.19. The van der Waals surface area contributed by atoms with Gasteiger partial charge in [-0.2, -0.15) is 5.10 Å². The molecule has 8 nitrogen and oxygen atoms in total. The molecular formula is C20H21N5O3S. The Hall–Kier alpha value is -3.33. The number of nitrogens with one attached hydrogen (secondary N) is 1. The molecule has 29 heavy (non-hydrogen) atoms. The maximum Gasteiger partial charge on any atom is 0.250 e. The molecule has 1 aromatic heterocycles. The summed E-state index contributed by atoms with van der Waals surface area (Å²) in [6.45, 7) is 0. The molecule has 1 heterocycles. The van der Waals surface area contributed by atoms with Crippen LogP contribution >= 0.6 is 11.8 Å². The molecule has 0 aliphatic heterocycles. The average molecular weight is 411 g/mol. The molecule has 3 aromatic rings. The number of ether oxygens (including phenoxy) is 2. The van der Waals surface area contributed by atoms with E-state index in [0.29, 0.717) is 16.7 Å². The number of aromatic nitrogens is 3. The van der Waals surface area contributed by atoms with Gasteiger partial charge in [0.05, 0.1) is 26.2 Å². The second-order valence-corrected chi connectivity index (χ2v) is 6.87. The minimum absolute atomic E-state index is 0.171. The van der Waals surface area contributed by atoms with Gasteiger partial charge in [-0.1, -0.05) is 42.1 Å². The number of hydrogen-bond acceptors (Lipinski definition) is 7.